The lowest BCUT2D eigenvalue weighted by atomic mass is 10.2. The van der Waals surface area contributed by atoms with Gasteiger partial charge in [0.2, 0.25) is 5.82 Å². The Morgan fingerprint density at radius 3 is 2.67 bits per heavy atom. The molecule has 4 rings (SSSR count). The number of ether oxygens (including phenoxy) is 2. The molecule has 0 radical (unpaired) electrons. The van der Waals surface area contributed by atoms with Crippen LogP contribution in [-0.2, 0) is 4.79 Å². The zero-order valence-corrected chi connectivity index (χ0v) is 17.4. The second-order valence-electron chi connectivity index (χ2n) is 6.79. The summed E-state index contributed by atoms with van der Waals surface area (Å²) in [5.74, 6) is -0.312. The lowest BCUT2D eigenvalue weighted by Gasteiger charge is -2.11. The van der Waals surface area contributed by atoms with Gasteiger partial charge in [0, 0.05) is 11.1 Å². The number of hydrogen-bond acceptors (Lipinski definition) is 9. The maximum atomic E-state index is 12.1. The molecular formula is C22H18N6O5. The van der Waals surface area contributed by atoms with Gasteiger partial charge < -0.3 is 9.47 Å². The number of nitrogens with zero attached hydrogens (tertiary/aromatic N) is 4. The van der Waals surface area contributed by atoms with E-state index < -0.39 is 16.5 Å². The zero-order valence-electron chi connectivity index (χ0n) is 17.4. The number of benzene rings is 2. The molecule has 33 heavy (non-hydrogen) atoms. The molecule has 0 spiro atoms. The van der Waals surface area contributed by atoms with Crippen LogP contribution in [0.1, 0.15) is 5.69 Å². The topological polar surface area (TPSA) is 141 Å². The first kappa shape index (κ1) is 21.4. The number of carbonyl (C=O) groups excluding carboxylic acids is 1. The van der Waals surface area contributed by atoms with Gasteiger partial charge in [0.25, 0.3) is 5.91 Å². The van der Waals surface area contributed by atoms with Gasteiger partial charge in [-0.2, -0.15) is 4.98 Å². The molecule has 0 unspecified atom stereocenters. The van der Waals surface area contributed by atoms with Gasteiger partial charge in [-0.15, -0.1) is 0 Å². The van der Waals surface area contributed by atoms with Crippen LogP contribution in [0.3, 0.4) is 0 Å². The molecule has 4 aromatic rings. The molecule has 2 aromatic carbocycles. The molecule has 0 aliphatic rings. The summed E-state index contributed by atoms with van der Waals surface area (Å²) in [6.07, 6.45) is 1.08. The highest BCUT2D eigenvalue weighted by Gasteiger charge is 2.26. The first-order valence-electron chi connectivity index (χ1n) is 9.77. The summed E-state index contributed by atoms with van der Waals surface area (Å²) in [5.41, 5.74) is 5.50. The van der Waals surface area contributed by atoms with Crippen molar-refractivity contribution in [1.29, 1.82) is 0 Å². The van der Waals surface area contributed by atoms with Crippen LogP contribution >= 0.6 is 0 Å². The number of aryl methyl sites for hydroxylation is 1. The standard InChI is InChI=1S/C22H18N6O5/c1-14-10-11-15-6-5-9-17(19(15)25-14)33-22-20(28(30)31)21(23-13-24-22)27-26-18(29)12-32-16-7-3-2-4-8-16/h2-11,13H,12H2,1H3,(H,26,29)(H,23,24,27). The molecule has 0 saturated carbocycles. The molecule has 2 N–H and O–H groups in total. The highest BCUT2D eigenvalue weighted by Crippen LogP contribution is 2.35. The summed E-state index contributed by atoms with van der Waals surface area (Å²) in [7, 11) is 0. The summed E-state index contributed by atoms with van der Waals surface area (Å²) in [6.45, 7) is 1.52. The Bertz CT molecular complexity index is 1320. The fourth-order valence-corrected chi connectivity index (χ4v) is 2.93. The number of anilines is 1. The van der Waals surface area contributed by atoms with E-state index in [0.29, 0.717) is 17.0 Å². The summed E-state index contributed by atoms with van der Waals surface area (Å²) >= 11 is 0. The Kier molecular flexibility index (Phi) is 6.21. The van der Waals surface area contributed by atoms with Crippen molar-refractivity contribution in [3.05, 3.63) is 82.8 Å². The highest BCUT2D eigenvalue weighted by molar-refractivity contribution is 5.85. The number of para-hydroxylation sites is 2. The van der Waals surface area contributed by atoms with E-state index in [-0.39, 0.29) is 18.3 Å². The lowest BCUT2D eigenvalue weighted by Crippen LogP contribution is -2.34. The number of carbonyl (C=O) groups is 1. The van der Waals surface area contributed by atoms with Crippen molar-refractivity contribution in [2.75, 3.05) is 12.0 Å². The fourth-order valence-electron chi connectivity index (χ4n) is 2.93. The number of pyridine rings is 1. The molecule has 0 atom stereocenters. The first-order valence-corrected chi connectivity index (χ1v) is 9.77. The van der Waals surface area contributed by atoms with Gasteiger partial charge in [-0.05, 0) is 31.2 Å². The minimum atomic E-state index is -0.700. The van der Waals surface area contributed by atoms with Gasteiger partial charge in [0.05, 0.1) is 4.92 Å². The van der Waals surface area contributed by atoms with E-state index in [1.54, 1.807) is 36.4 Å². The fraction of sp³-hybridized carbons (Fsp3) is 0.0909. The number of hydrazine groups is 1. The summed E-state index contributed by atoms with van der Waals surface area (Å²) < 4.78 is 11.1. The Morgan fingerprint density at radius 2 is 1.88 bits per heavy atom. The van der Waals surface area contributed by atoms with Gasteiger partial charge in [-0.25, -0.2) is 9.97 Å². The third-order valence-electron chi connectivity index (χ3n) is 4.43. The molecular weight excluding hydrogens is 428 g/mol. The van der Waals surface area contributed by atoms with Crippen molar-refractivity contribution in [1.82, 2.24) is 20.4 Å². The van der Waals surface area contributed by atoms with E-state index >= 15 is 0 Å². The van der Waals surface area contributed by atoms with Crippen LogP contribution in [0.5, 0.6) is 17.4 Å². The maximum absolute atomic E-state index is 12.1. The van der Waals surface area contributed by atoms with Crippen LogP contribution in [-0.4, -0.2) is 32.4 Å². The number of rotatable bonds is 8. The number of nitrogens with one attached hydrogen (secondary N) is 2. The number of fused-ring (bicyclic) bond motifs is 1. The second kappa shape index (κ2) is 9.56. The highest BCUT2D eigenvalue weighted by atomic mass is 16.6. The van der Waals surface area contributed by atoms with Gasteiger partial charge in [-0.1, -0.05) is 36.4 Å². The number of nitro groups is 1. The number of aromatic nitrogens is 3. The predicted molar refractivity (Wildman–Crippen MR) is 119 cm³/mol. The molecule has 0 fully saturated rings. The predicted octanol–water partition coefficient (Wildman–Crippen LogP) is 3.56. The maximum Gasteiger partial charge on any atom is 0.374 e. The number of hydrogen-bond donors (Lipinski definition) is 2. The number of amides is 1. The van der Waals surface area contributed by atoms with E-state index in [1.807, 2.05) is 31.2 Å². The van der Waals surface area contributed by atoms with Gasteiger partial charge in [0.1, 0.15) is 17.6 Å². The molecule has 2 heterocycles. The normalized spacial score (nSPS) is 10.5. The van der Waals surface area contributed by atoms with E-state index in [2.05, 4.69) is 25.8 Å². The van der Waals surface area contributed by atoms with Gasteiger partial charge in [0.15, 0.2) is 12.4 Å². The van der Waals surface area contributed by atoms with Crippen molar-refractivity contribution in [2.24, 2.45) is 0 Å². The van der Waals surface area contributed by atoms with Crippen molar-refractivity contribution in [3.63, 3.8) is 0 Å². The third-order valence-corrected chi connectivity index (χ3v) is 4.43. The largest absolute Gasteiger partial charge is 0.484 e. The van der Waals surface area contributed by atoms with E-state index in [4.69, 9.17) is 9.47 Å². The first-order chi connectivity index (χ1) is 16.0. The molecule has 11 nitrogen and oxygen atoms in total. The smallest absolute Gasteiger partial charge is 0.374 e. The molecule has 0 saturated heterocycles. The van der Waals surface area contributed by atoms with Crippen LogP contribution in [0, 0.1) is 17.0 Å². The van der Waals surface area contributed by atoms with Gasteiger partial charge >= 0.3 is 11.6 Å². The summed E-state index contributed by atoms with van der Waals surface area (Å²) in [4.78, 5) is 35.3. The third kappa shape index (κ3) is 5.10. The van der Waals surface area contributed by atoms with Gasteiger partial charge in [-0.3, -0.25) is 25.8 Å². The molecule has 0 bridgehead atoms. The van der Waals surface area contributed by atoms with Crippen molar-refractivity contribution >= 4 is 28.3 Å². The Labute approximate surface area is 187 Å². The average molecular weight is 446 g/mol. The Balaban J connectivity index is 1.52. The van der Waals surface area contributed by atoms with Crippen LogP contribution in [0.4, 0.5) is 11.5 Å². The molecule has 166 valence electrons. The Hall–Kier alpha value is -4.80. The second-order valence-corrected chi connectivity index (χ2v) is 6.79. The van der Waals surface area contributed by atoms with Crippen LogP contribution in [0.2, 0.25) is 0 Å². The summed E-state index contributed by atoms with van der Waals surface area (Å²) in [5, 5.41) is 12.6. The molecule has 1 amide bonds. The van der Waals surface area contributed by atoms with Crippen molar-refractivity contribution in [3.8, 4) is 17.4 Å². The molecule has 0 aliphatic heterocycles. The molecule has 11 heteroatoms. The monoisotopic (exact) mass is 446 g/mol. The SMILES string of the molecule is Cc1ccc2cccc(Oc3ncnc(NNC(=O)COc4ccccc4)c3[N+](=O)[O-])c2n1. The molecule has 0 aliphatic carbocycles. The van der Waals surface area contributed by atoms with E-state index in [9.17, 15) is 14.9 Å². The van der Waals surface area contributed by atoms with E-state index in [0.717, 1.165) is 17.4 Å². The quantitative estimate of drug-likeness (QED) is 0.307. The average Bonchev–Trinajstić information content (AvgIpc) is 2.82. The Morgan fingerprint density at radius 1 is 1.06 bits per heavy atom. The van der Waals surface area contributed by atoms with Crippen molar-refractivity contribution in [2.45, 2.75) is 6.92 Å². The van der Waals surface area contributed by atoms with Crippen LogP contribution < -0.4 is 20.3 Å². The lowest BCUT2D eigenvalue weighted by molar-refractivity contribution is -0.385. The van der Waals surface area contributed by atoms with Crippen LogP contribution in [0.15, 0.2) is 67.0 Å². The minimum absolute atomic E-state index is 0.248. The van der Waals surface area contributed by atoms with E-state index in [1.165, 1.54) is 0 Å². The van der Waals surface area contributed by atoms with Crippen LogP contribution in [0.25, 0.3) is 10.9 Å². The molecule has 2 aromatic heterocycles. The minimum Gasteiger partial charge on any atom is -0.484 e. The zero-order chi connectivity index (χ0) is 23.2. The summed E-state index contributed by atoms with van der Waals surface area (Å²) in [6, 6.07) is 17.7. The van der Waals surface area contributed by atoms with Crippen molar-refractivity contribution < 1.29 is 19.2 Å².